The van der Waals surface area contributed by atoms with Crippen molar-refractivity contribution in [3.05, 3.63) is 57.8 Å². The fourth-order valence-corrected chi connectivity index (χ4v) is 4.20. The number of carbonyl (C=O) groups excluding carboxylic acids is 1. The first kappa shape index (κ1) is 19.5. The first-order valence-electron chi connectivity index (χ1n) is 9.00. The summed E-state index contributed by atoms with van der Waals surface area (Å²) in [6, 6.07) is 11.2. The predicted octanol–water partition coefficient (Wildman–Crippen LogP) is 4.88. The van der Waals surface area contributed by atoms with E-state index in [1.807, 2.05) is 39.0 Å². The van der Waals surface area contributed by atoms with Crippen LogP contribution in [-0.4, -0.2) is 32.3 Å². The van der Waals surface area contributed by atoms with E-state index in [4.69, 9.17) is 4.74 Å². The molecular weight excluding hydrogens is 454 g/mol. The van der Waals surface area contributed by atoms with Crippen LogP contribution in [0.15, 0.2) is 40.9 Å². The number of rotatable bonds is 5. The van der Waals surface area contributed by atoms with Crippen molar-refractivity contribution in [2.75, 3.05) is 11.9 Å². The van der Waals surface area contributed by atoms with Gasteiger partial charge in [-0.05, 0) is 66.5 Å². The van der Waals surface area contributed by atoms with Gasteiger partial charge in [0.15, 0.2) is 5.82 Å². The minimum atomic E-state index is -0.192. The Kier molecular flexibility index (Phi) is 5.33. The van der Waals surface area contributed by atoms with Crippen LogP contribution in [0.1, 0.15) is 28.7 Å². The van der Waals surface area contributed by atoms with Crippen molar-refractivity contribution < 1.29 is 9.53 Å². The third kappa shape index (κ3) is 3.88. The summed E-state index contributed by atoms with van der Waals surface area (Å²) in [6.07, 6.45) is 0. The molecule has 0 aliphatic carbocycles. The summed E-state index contributed by atoms with van der Waals surface area (Å²) < 4.78 is 7.97. The average molecular weight is 472 g/mol. The fourth-order valence-electron chi connectivity index (χ4n) is 2.83. The number of aryl methyl sites for hydroxylation is 2. The molecule has 9 heteroatoms. The first-order valence-corrected chi connectivity index (χ1v) is 10.6. The van der Waals surface area contributed by atoms with Crippen molar-refractivity contribution in [1.82, 2.24) is 19.8 Å². The van der Waals surface area contributed by atoms with Crippen molar-refractivity contribution in [2.24, 2.45) is 0 Å². The number of hydrogen-bond donors (Lipinski definition) is 1. The summed E-state index contributed by atoms with van der Waals surface area (Å²) in [7, 11) is 0. The number of carbonyl (C=O) groups is 1. The van der Waals surface area contributed by atoms with Gasteiger partial charge in [-0.1, -0.05) is 23.5 Å². The summed E-state index contributed by atoms with van der Waals surface area (Å²) in [6.45, 7) is 6.30. The molecule has 0 radical (unpaired) electrons. The normalized spacial score (nSPS) is 11.0. The van der Waals surface area contributed by atoms with Crippen LogP contribution >= 0.6 is 27.3 Å². The van der Waals surface area contributed by atoms with Crippen LogP contribution in [0.5, 0.6) is 5.75 Å². The number of hydrogen-bond acceptors (Lipinski definition) is 6. The van der Waals surface area contributed by atoms with Crippen LogP contribution in [0.3, 0.4) is 0 Å². The SMILES string of the molecule is CCOc1ccc(C(=O)Nc2cc(-c3nn4c(C)nnc4s3)ccc2C)cc1Br. The maximum atomic E-state index is 12.8. The summed E-state index contributed by atoms with van der Waals surface area (Å²) in [4.78, 5) is 13.5. The molecule has 4 aromatic rings. The number of halogens is 1. The molecule has 148 valence electrons. The molecule has 0 bridgehead atoms. The van der Waals surface area contributed by atoms with Crippen LogP contribution < -0.4 is 10.1 Å². The monoisotopic (exact) mass is 471 g/mol. The largest absolute Gasteiger partial charge is 0.493 e. The van der Waals surface area contributed by atoms with Crippen LogP contribution in [0.4, 0.5) is 5.69 Å². The van der Waals surface area contributed by atoms with Crippen molar-refractivity contribution in [3.8, 4) is 16.3 Å². The molecule has 7 nitrogen and oxygen atoms in total. The second-order valence-electron chi connectivity index (χ2n) is 6.41. The van der Waals surface area contributed by atoms with Crippen molar-refractivity contribution in [3.63, 3.8) is 0 Å². The standard InChI is InChI=1S/C20H18BrN5O2S/c1-4-28-17-8-7-13(9-15(17)21)18(27)22-16-10-14(6-5-11(16)2)19-25-26-12(3)23-24-20(26)29-19/h5-10H,4H2,1-3H3,(H,22,27). The Hall–Kier alpha value is -2.78. The van der Waals surface area contributed by atoms with E-state index in [0.717, 1.165) is 37.1 Å². The Morgan fingerprint density at radius 3 is 2.76 bits per heavy atom. The van der Waals surface area contributed by atoms with Gasteiger partial charge in [-0.3, -0.25) is 4.79 Å². The van der Waals surface area contributed by atoms with Crippen molar-refractivity contribution >= 4 is 43.8 Å². The maximum absolute atomic E-state index is 12.8. The zero-order valence-corrected chi connectivity index (χ0v) is 18.5. The number of benzene rings is 2. The van der Waals surface area contributed by atoms with Crippen LogP contribution in [-0.2, 0) is 0 Å². The van der Waals surface area contributed by atoms with E-state index < -0.39 is 0 Å². The summed E-state index contributed by atoms with van der Waals surface area (Å²) in [5, 5.41) is 16.5. The topological polar surface area (TPSA) is 81.4 Å². The molecule has 0 saturated carbocycles. The van der Waals surface area contributed by atoms with Gasteiger partial charge in [0.25, 0.3) is 5.91 Å². The van der Waals surface area contributed by atoms with Crippen LogP contribution in [0.25, 0.3) is 15.5 Å². The number of aromatic nitrogens is 4. The van der Waals surface area contributed by atoms with Crippen LogP contribution in [0, 0.1) is 13.8 Å². The number of fused-ring (bicyclic) bond motifs is 1. The Labute approximate surface area is 179 Å². The molecule has 0 aliphatic rings. The molecule has 0 unspecified atom stereocenters. The Bertz CT molecular complexity index is 1220. The quantitative estimate of drug-likeness (QED) is 0.448. The van der Waals surface area contributed by atoms with Crippen LogP contribution in [0.2, 0.25) is 0 Å². The molecule has 0 saturated heterocycles. The van der Waals surface area contributed by atoms with E-state index in [2.05, 4.69) is 36.5 Å². The van der Waals surface area contributed by atoms with Gasteiger partial charge >= 0.3 is 0 Å². The highest BCUT2D eigenvalue weighted by atomic mass is 79.9. The van der Waals surface area contributed by atoms with Gasteiger partial charge in [-0.25, -0.2) is 0 Å². The first-order chi connectivity index (χ1) is 14.0. The third-order valence-electron chi connectivity index (χ3n) is 4.37. The van der Waals surface area contributed by atoms with E-state index in [9.17, 15) is 4.79 Å². The molecule has 1 N–H and O–H groups in total. The van der Waals surface area contributed by atoms with E-state index in [0.29, 0.717) is 17.9 Å². The zero-order valence-electron chi connectivity index (χ0n) is 16.1. The predicted molar refractivity (Wildman–Crippen MR) is 117 cm³/mol. The lowest BCUT2D eigenvalue weighted by Gasteiger charge is -2.11. The second kappa shape index (κ2) is 7.92. The molecule has 4 rings (SSSR count). The molecule has 2 heterocycles. The van der Waals surface area contributed by atoms with Gasteiger partial charge in [-0.15, -0.1) is 10.2 Å². The lowest BCUT2D eigenvalue weighted by molar-refractivity contribution is 0.102. The number of nitrogens with one attached hydrogen (secondary N) is 1. The number of anilines is 1. The van der Waals surface area contributed by atoms with Gasteiger partial charge in [-0.2, -0.15) is 9.61 Å². The summed E-state index contributed by atoms with van der Waals surface area (Å²) in [5.74, 6) is 1.26. The van der Waals surface area contributed by atoms with Gasteiger partial charge in [0.1, 0.15) is 10.8 Å². The zero-order chi connectivity index (χ0) is 20.5. The molecule has 2 aromatic heterocycles. The molecular formula is C20H18BrN5O2S. The number of nitrogens with zero attached hydrogens (tertiary/aromatic N) is 4. The van der Waals surface area contributed by atoms with E-state index in [-0.39, 0.29) is 5.91 Å². The number of ether oxygens (including phenoxy) is 1. The highest BCUT2D eigenvalue weighted by molar-refractivity contribution is 9.10. The van der Waals surface area contributed by atoms with Gasteiger partial charge in [0.05, 0.1) is 11.1 Å². The van der Waals surface area contributed by atoms with Gasteiger partial charge < -0.3 is 10.1 Å². The van der Waals surface area contributed by atoms with Gasteiger partial charge in [0.2, 0.25) is 4.96 Å². The van der Waals surface area contributed by atoms with E-state index in [1.54, 1.807) is 22.7 Å². The van der Waals surface area contributed by atoms with Crippen molar-refractivity contribution in [1.29, 1.82) is 0 Å². The third-order valence-corrected chi connectivity index (χ3v) is 5.94. The second-order valence-corrected chi connectivity index (χ2v) is 8.22. The maximum Gasteiger partial charge on any atom is 0.255 e. The fraction of sp³-hybridized carbons (Fsp3) is 0.200. The Morgan fingerprint density at radius 1 is 1.21 bits per heavy atom. The Balaban J connectivity index is 1.60. The average Bonchev–Trinajstić information content (AvgIpc) is 3.27. The molecule has 0 spiro atoms. The minimum absolute atomic E-state index is 0.192. The highest BCUT2D eigenvalue weighted by Crippen LogP contribution is 2.30. The Morgan fingerprint density at radius 2 is 2.03 bits per heavy atom. The molecule has 0 atom stereocenters. The summed E-state index contributed by atoms with van der Waals surface area (Å²) in [5.41, 5.74) is 3.15. The molecule has 0 aliphatic heterocycles. The lowest BCUT2D eigenvalue weighted by atomic mass is 10.1. The minimum Gasteiger partial charge on any atom is -0.493 e. The number of amides is 1. The summed E-state index contributed by atoms with van der Waals surface area (Å²) >= 11 is 4.91. The molecule has 0 fully saturated rings. The molecule has 1 amide bonds. The van der Waals surface area contributed by atoms with Gasteiger partial charge in [0, 0.05) is 16.8 Å². The lowest BCUT2D eigenvalue weighted by Crippen LogP contribution is -2.13. The molecule has 2 aromatic carbocycles. The van der Waals surface area contributed by atoms with E-state index in [1.165, 1.54) is 11.3 Å². The highest BCUT2D eigenvalue weighted by Gasteiger charge is 2.14. The molecule has 29 heavy (non-hydrogen) atoms. The van der Waals surface area contributed by atoms with Crippen molar-refractivity contribution in [2.45, 2.75) is 20.8 Å². The smallest absolute Gasteiger partial charge is 0.255 e. The van der Waals surface area contributed by atoms with E-state index >= 15 is 0 Å².